The molecule has 9 nitrogen and oxygen atoms in total. The van der Waals surface area contributed by atoms with E-state index in [9.17, 15) is 14.4 Å². The van der Waals surface area contributed by atoms with E-state index in [0.717, 1.165) is 4.68 Å². The number of amides is 2. The van der Waals surface area contributed by atoms with Crippen LogP contribution in [-0.4, -0.2) is 40.7 Å². The van der Waals surface area contributed by atoms with Crippen LogP contribution in [0.2, 0.25) is 0 Å². The van der Waals surface area contributed by atoms with Crippen LogP contribution >= 0.6 is 11.8 Å². The second-order valence-corrected chi connectivity index (χ2v) is 7.04. The summed E-state index contributed by atoms with van der Waals surface area (Å²) in [5.41, 5.74) is 0.243. The Labute approximate surface area is 163 Å². The Bertz CT molecular complexity index is 1040. The molecule has 0 bridgehead atoms. The molecule has 0 saturated heterocycles. The first-order chi connectivity index (χ1) is 13.6. The summed E-state index contributed by atoms with van der Waals surface area (Å²) in [4.78, 5) is 39.4. The van der Waals surface area contributed by atoms with E-state index in [1.54, 1.807) is 24.3 Å². The highest BCUT2D eigenvalue weighted by Gasteiger charge is 2.28. The van der Waals surface area contributed by atoms with E-state index < -0.39 is 11.5 Å². The number of nitrogens with one attached hydrogen (secondary N) is 1. The second-order valence-electron chi connectivity index (χ2n) is 6.02. The number of benzene rings is 1. The molecule has 144 valence electrons. The lowest BCUT2D eigenvalue weighted by Gasteiger charge is -2.27. The maximum atomic E-state index is 12.8. The van der Waals surface area contributed by atoms with Gasteiger partial charge in [-0.2, -0.15) is 5.10 Å². The van der Waals surface area contributed by atoms with Gasteiger partial charge < -0.3 is 19.7 Å². The maximum absolute atomic E-state index is 12.8. The summed E-state index contributed by atoms with van der Waals surface area (Å²) < 4.78 is 11.5. The highest BCUT2D eigenvalue weighted by molar-refractivity contribution is 8.00. The molecule has 10 heteroatoms. The molecule has 2 aliphatic rings. The predicted octanol–water partition coefficient (Wildman–Crippen LogP) is 1.24. The van der Waals surface area contributed by atoms with Gasteiger partial charge in [0.25, 0.3) is 5.56 Å². The van der Waals surface area contributed by atoms with Crippen LogP contribution in [0.3, 0.4) is 0 Å². The fourth-order valence-electron chi connectivity index (χ4n) is 2.91. The number of hydrogen-bond donors (Lipinski definition) is 1. The summed E-state index contributed by atoms with van der Waals surface area (Å²) in [5, 5.41) is 6.76. The predicted molar refractivity (Wildman–Crippen MR) is 103 cm³/mol. The Hall–Kier alpha value is -3.27. The van der Waals surface area contributed by atoms with Crippen molar-refractivity contribution in [3.8, 4) is 11.5 Å². The molecule has 2 aliphatic heterocycles. The zero-order valence-electron chi connectivity index (χ0n) is 14.7. The Morgan fingerprint density at radius 3 is 2.96 bits per heavy atom. The first-order valence-electron chi connectivity index (χ1n) is 8.40. The number of rotatable bonds is 5. The minimum absolute atomic E-state index is 0.138. The summed E-state index contributed by atoms with van der Waals surface area (Å²) in [7, 11) is 0. The van der Waals surface area contributed by atoms with E-state index in [2.05, 4.69) is 17.0 Å². The fourth-order valence-corrected chi connectivity index (χ4v) is 3.80. The van der Waals surface area contributed by atoms with Crippen LogP contribution in [0.15, 0.2) is 46.7 Å². The van der Waals surface area contributed by atoms with Crippen LogP contribution in [0.1, 0.15) is 0 Å². The Balaban J connectivity index is 1.55. The van der Waals surface area contributed by atoms with Crippen molar-refractivity contribution in [1.82, 2.24) is 9.78 Å². The average Bonchev–Trinajstić information content (AvgIpc) is 3.14. The molecule has 3 heterocycles. The van der Waals surface area contributed by atoms with Gasteiger partial charge in [0.1, 0.15) is 12.2 Å². The number of carbonyl (C=O) groups is 2. The van der Waals surface area contributed by atoms with Crippen molar-refractivity contribution in [2.24, 2.45) is 0 Å². The molecule has 0 spiro atoms. The van der Waals surface area contributed by atoms with Gasteiger partial charge in [0, 0.05) is 18.3 Å². The van der Waals surface area contributed by atoms with Gasteiger partial charge in [0.15, 0.2) is 11.5 Å². The van der Waals surface area contributed by atoms with E-state index >= 15 is 0 Å². The fraction of sp³-hybridized carbons (Fsp3) is 0.222. The monoisotopic (exact) mass is 400 g/mol. The molecule has 28 heavy (non-hydrogen) atoms. The molecule has 0 unspecified atom stereocenters. The molecular weight excluding hydrogens is 384 g/mol. The zero-order valence-corrected chi connectivity index (χ0v) is 15.5. The smallest absolute Gasteiger partial charge is 0.292 e. The number of aromatic nitrogens is 2. The lowest BCUT2D eigenvalue weighted by atomic mass is 10.3. The highest BCUT2D eigenvalue weighted by atomic mass is 32.2. The normalized spacial score (nSPS) is 14.6. The van der Waals surface area contributed by atoms with Crippen molar-refractivity contribution in [3.63, 3.8) is 0 Å². The van der Waals surface area contributed by atoms with Gasteiger partial charge >= 0.3 is 0 Å². The van der Waals surface area contributed by atoms with E-state index in [1.165, 1.54) is 22.9 Å². The quantitative estimate of drug-likeness (QED) is 0.753. The van der Waals surface area contributed by atoms with Crippen LogP contribution in [0, 0.1) is 0 Å². The molecule has 0 fully saturated rings. The van der Waals surface area contributed by atoms with Crippen LogP contribution in [0.4, 0.5) is 11.4 Å². The first kappa shape index (κ1) is 18.1. The number of ether oxygens (including phenoxy) is 2. The summed E-state index contributed by atoms with van der Waals surface area (Å²) in [5.74, 6) is 0.763. The van der Waals surface area contributed by atoms with Crippen LogP contribution in [-0.2, 0) is 16.1 Å². The lowest BCUT2D eigenvalue weighted by molar-refractivity contribution is -0.117. The van der Waals surface area contributed by atoms with E-state index in [1.807, 2.05) is 0 Å². The third-order valence-corrected chi connectivity index (χ3v) is 5.17. The van der Waals surface area contributed by atoms with Gasteiger partial charge in [-0.25, -0.2) is 4.68 Å². The topological polar surface area (TPSA) is 103 Å². The van der Waals surface area contributed by atoms with Crippen LogP contribution in [0.5, 0.6) is 11.5 Å². The Morgan fingerprint density at radius 2 is 2.14 bits per heavy atom. The molecule has 0 atom stereocenters. The number of carbonyl (C=O) groups excluding carboxylic acids is 2. The largest absolute Gasteiger partial charge is 0.454 e. The summed E-state index contributed by atoms with van der Waals surface area (Å²) in [6.07, 6.45) is 3.05. The van der Waals surface area contributed by atoms with Gasteiger partial charge in [-0.15, -0.1) is 18.3 Å². The molecular formula is C18H16N4O5S. The van der Waals surface area contributed by atoms with E-state index in [0.29, 0.717) is 22.1 Å². The number of hydrogen-bond acceptors (Lipinski definition) is 7. The van der Waals surface area contributed by atoms with Crippen molar-refractivity contribution < 1.29 is 19.1 Å². The molecule has 0 saturated carbocycles. The average molecular weight is 400 g/mol. The molecule has 1 aromatic carbocycles. The van der Waals surface area contributed by atoms with Gasteiger partial charge in [-0.1, -0.05) is 6.08 Å². The van der Waals surface area contributed by atoms with Gasteiger partial charge in [-0.05, 0) is 12.1 Å². The van der Waals surface area contributed by atoms with Crippen molar-refractivity contribution >= 4 is 35.0 Å². The number of fused-ring (bicyclic) bond motifs is 2. The van der Waals surface area contributed by atoms with Crippen molar-refractivity contribution in [2.75, 3.05) is 29.3 Å². The standard InChI is InChI=1S/C18H16N4O5S/c1-2-5-21-16(24)9-28-14-7-19-22(18(25)17(14)21)8-15(23)20-11-3-4-12-13(6-11)27-10-26-12/h2-4,6-7H,1,5,8-10H2,(H,20,23). The van der Waals surface area contributed by atoms with Gasteiger partial charge in [0.2, 0.25) is 18.6 Å². The molecule has 4 rings (SSSR count). The van der Waals surface area contributed by atoms with Crippen molar-refractivity contribution in [1.29, 1.82) is 0 Å². The molecule has 2 aromatic rings. The van der Waals surface area contributed by atoms with Crippen molar-refractivity contribution in [3.05, 3.63) is 47.4 Å². The second kappa shape index (κ2) is 7.39. The van der Waals surface area contributed by atoms with Crippen molar-refractivity contribution in [2.45, 2.75) is 11.4 Å². The van der Waals surface area contributed by atoms with E-state index in [4.69, 9.17) is 9.47 Å². The van der Waals surface area contributed by atoms with Gasteiger partial charge in [-0.3, -0.25) is 14.4 Å². The van der Waals surface area contributed by atoms with Gasteiger partial charge in [0.05, 0.1) is 16.8 Å². The number of nitrogens with zero attached hydrogens (tertiary/aromatic N) is 3. The first-order valence-corrected chi connectivity index (χ1v) is 9.39. The maximum Gasteiger partial charge on any atom is 0.292 e. The molecule has 0 aliphatic carbocycles. The molecule has 1 aromatic heterocycles. The minimum atomic E-state index is -0.499. The molecule has 1 N–H and O–H groups in total. The van der Waals surface area contributed by atoms with Crippen LogP contribution < -0.4 is 25.2 Å². The molecule has 2 amide bonds. The number of thioether (sulfide) groups is 1. The third kappa shape index (κ3) is 3.33. The summed E-state index contributed by atoms with van der Waals surface area (Å²) >= 11 is 1.25. The van der Waals surface area contributed by atoms with Crippen LogP contribution in [0.25, 0.3) is 0 Å². The van der Waals surface area contributed by atoms with E-state index in [-0.39, 0.29) is 37.2 Å². The SMILES string of the molecule is C=CCN1C(=O)CSc2cnn(CC(=O)Nc3ccc4c(c3)OCO4)c(=O)c21. The Morgan fingerprint density at radius 1 is 1.32 bits per heavy atom. The summed E-state index contributed by atoms with van der Waals surface area (Å²) in [6.45, 7) is 3.69. The lowest BCUT2D eigenvalue weighted by Crippen LogP contribution is -2.42. The molecule has 0 radical (unpaired) electrons. The Kier molecular flexibility index (Phi) is 4.78. The zero-order chi connectivity index (χ0) is 19.7. The third-order valence-electron chi connectivity index (χ3n) is 4.17. The number of anilines is 2. The highest BCUT2D eigenvalue weighted by Crippen LogP contribution is 2.34. The summed E-state index contributed by atoms with van der Waals surface area (Å²) in [6, 6.07) is 5.01. The minimum Gasteiger partial charge on any atom is -0.454 e.